The molecule has 102 valence electrons. The fourth-order valence-electron chi connectivity index (χ4n) is 1.80. The van der Waals surface area contributed by atoms with E-state index in [0.717, 1.165) is 19.4 Å². The van der Waals surface area contributed by atoms with Gasteiger partial charge in [0.2, 0.25) is 5.91 Å². The molecule has 0 aromatic rings. The minimum Gasteiger partial charge on any atom is -0.376 e. The zero-order chi connectivity index (χ0) is 12.3. The molecular weight excluding hydrogens is 240 g/mol. The van der Waals surface area contributed by atoms with E-state index >= 15 is 0 Å². The number of carbonyl (C=O) groups is 1. The highest BCUT2D eigenvalue weighted by atomic mass is 35.5. The number of ether oxygens (including phenoxy) is 1. The smallest absolute Gasteiger partial charge is 0.237 e. The lowest BCUT2D eigenvalue weighted by atomic mass is 9.86. The van der Waals surface area contributed by atoms with Crippen LogP contribution >= 0.6 is 12.4 Å². The van der Waals surface area contributed by atoms with Gasteiger partial charge in [-0.05, 0) is 25.2 Å². The fourth-order valence-corrected chi connectivity index (χ4v) is 1.80. The number of hydrogen-bond acceptors (Lipinski definition) is 3. The molecule has 0 spiro atoms. The van der Waals surface area contributed by atoms with Crippen LogP contribution in [0.15, 0.2) is 0 Å². The SMILES string of the molecule is CC(NC(=O)[C@@H](N)C(C)(C)C)C1CCCO1.Cl. The average molecular weight is 265 g/mol. The molecular formula is C12H25ClN2O2. The zero-order valence-electron chi connectivity index (χ0n) is 11.2. The summed E-state index contributed by atoms with van der Waals surface area (Å²) in [5, 5.41) is 2.94. The van der Waals surface area contributed by atoms with Crippen LogP contribution in [0, 0.1) is 5.41 Å². The van der Waals surface area contributed by atoms with Crippen molar-refractivity contribution >= 4 is 18.3 Å². The maximum absolute atomic E-state index is 11.9. The standard InChI is InChI=1S/C12H24N2O2.ClH/c1-8(9-6-5-7-16-9)14-11(15)10(13)12(2,3)4;/h8-10H,5-7,13H2,1-4H3,(H,14,15);1H/t8?,9?,10-;/m1./s1. The first-order valence-corrected chi connectivity index (χ1v) is 6.00. The summed E-state index contributed by atoms with van der Waals surface area (Å²) >= 11 is 0. The molecule has 3 N–H and O–H groups in total. The van der Waals surface area contributed by atoms with Crippen LogP contribution in [0.1, 0.15) is 40.5 Å². The molecule has 0 aromatic heterocycles. The normalized spacial score (nSPS) is 23.7. The van der Waals surface area contributed by atoms with Gasteiger partial charge in [0.1, 0.15) is 0 Å². The van der Waals surface area contributed by atoms with Gasteiger partial charge in [0, 0.05) is 6.61 Å². The minimum absolute atomic E-state index is 0. The van der Waals surface area contributed by atoms with Gasteiger partial charge in [0.25, 0.3) is 0 Å². The summed E-state index contributed by atoms with van der Waals surface area (Å²) < 4.78 is 5.53. The molecule has 1 aliphatic rings. The van der Waals surface area contributed by atoms with Crippen LogP contribution in [0.4, 0.5) is 0 Å². The van der Waals surface area contributed by atoms with Crippen LogP contribution in [0.3, 0.4) is 0 Å². The van der Waals surface area contributed by atoms with Crippen molar-refractivity contribution in [2.24, 2.45) is 11.1 Å². The van der Waals surface area contributed by atoms with E-state index in [0.29, 0.717) is 0 Å². The molecule has 0 aromatic carbocycles. The maximum atomic E-state index is 11.9. The Morgan fingerprint density at radius 3 is 2.47 bits per heavy atom. The van der Waals surface area contributed by atoms with Crippen molar-refractivity contribution in [1.82, 2.24) is 5.32 Å². The Kier molecular flexibility index (Phi) is 6.45. The van der Waals surface area contributed by atoms with Crippen LogP contribution in [0.25, 0.3) is 0 Å². The Morgan fingerprint density at radius 2 is 2.06 bits per heavy atom. The summed E-state index contributed by atoms with van der Waals surface area (Å²) in [5.41, 5.74) is 5.68. The quantitative estimate of drug-likeness (QED) is 0.811. The molecule has 1 amide bonds. The molecule has 4 nitrogen and oxygen atoms in total. The van der Waals surface area contributed by atoms with Crippen LogP contribution in [-0.4, -0.2) is 30.7 Å². The summed E-state index contributed by atoms with van der Waals surface area (Å²) in [6.07, 6.45) is 2.25. The van der Waals surface area contributed by atoms with E-state index in [2.05, 4.69) is 5.32 Å². The number of carbonyl (C=O) groups excluding carboxylic acids is 1. The number of nitrogens with two attached hydrogens (primary N) is 1. The van der Waals surface area contributed by atoms with E-state index in [1.54, 1.807) is 0 Å². The largest absolute Gasteiger partial charge is 0.376 e. The number of halogens is 1. The monoisotopic (exact) mass is 264 g/mol. The fraction of sp³-hybridized carbons (Fsp3) is 0.917. The molecule has 5 heteroatoms. The van der Waals surface area contributed by atoms with E-state index < -0.39 is 6.04 Å². The molecule has 0 radical (unpaired) electrons. The molecule has 0 bridgehead atoms. The molecule has 0 saturated carbocycles. The van der Waals surface area contributed by atoms with Crippen molar-refractivity contribution < 1.29 is 9.53 Å². The van der Waals surface area contributed by atoms with E-state index in [-0.39, 0.29) is 35.9 Å². The van der Waals surface area contributed by atoms with Crippen molar-refractivity contribution in [2.45, 2.75) is 58.7 Å². The van der Waals surface area contributed by atoms with Gasteiger partial charge in [0.15, 0.2) is 0 Å². The molecule has 1 rings (SSSR count). The predicted octanol–water partition coefficient (Wildman–Crippen LogP) is 1.47. The zero-order valence-corrected chi connectivity index (χ0v) is 12.0. The third kappa shape index (κ3) is 4.82. The van der Waals surface area contributed by atoms with Gasteiger partial charge in [-0.2, -0.15) is 0 Å². The number of nitrogens with one attached hydrogen (secondary N) is 1. The predicted molar refractivity (Wildman–Crippen MR) is 71.3 cm³/mol. The van der Waals surface area contributed by atoms with E-state index in [1.807, 2.05) is 27.7 Å². The molecule has 1 fully saturated rings. The summed E-state index contributed by atoms with van der Waals surface area (Å²) in [5.74, 6) is -0.0875. The van der Waals surface area contributed by atoms with Crippen LogP contribution in [0.2, 0.25) is 0 Å². The van der Waals surface area contributed by atoms with Gasteiger partial charge < -0.3 is 15.8 Å². The average Bonchev–Trinajstić information content (AvgIpc) is 2.67. The van der Waals surface area contributed by atoms with Crippen molar-refractivity contribution in [3.63, 3.8) is 0 Å². The Balaban J connectivity index is 0.00000256. The first-order valence-electron chi connectivity index (χ1n) is 6.00. The number of rotatable bonds is 3. The summed E-state index contributed by atoms with van der Waals surface area (Å²) in [6.45, 7) is 8.68. The summed E-state index contributed by atoms with van der Waals surface area (Å²) in [7, 11) is 0. The van der Waals surface area contributed by atoms with E-state index in [1.165, 1.54) is 0 Å². The van der Waals surface area contributed by atoms with Crippen LogP contribution in [-0.2, 0) is 9.53 Å². The Labute approximate surface area is 110 Å². The van der Waals surface area contributed by atoms with Crippen molar-refractivity contribution in [2.75, 3.05) is 6.61 Å². The van der Waals surface area contributed by atoms with E-state index in [4.69, 9.17) is 10.5 Å². The Bertz CT molecular complexity index is 247. The van der Waals surface area contributed by atoms with Gasteiger partial charge in [-0.1, -0.05) is 20.8 Å². The van der Waals surface area contributed by atoms with Crippen LogP contribution < -0.4 is 11.1 Å². The molecule has 2 unspecified atom stereocenters. The van der Waals surface area contributed by atoms with Gasteiger partial charge in [0.05, 0.1) is 18.2 Å². The van der Waals surface area contributed by atoms with Crippen molar-refractivity contribution in [3.8, 4) is 0 Å². The Morgan fingerprint density at radius 1 is 1.47 bits per heavy atom. The topological polar surface area (TPSA) is 64.4 Å². The van der Waals surface area contributed by atoms with Gasteiger partial charge in [-0.15, -0.1) is 12.4 Å². The third-order valence-electron chi connectivity index (χ3n) is 3.11. The summed E-state index contributed by atoms with van der Waals surface area (Å²) in [6, 6.07) is -0.431. The first-order chi connectivity index (χ1) is 7.32. The lowest BCUT2D eigenvalue weighted by molar-refractivity contribution is -0.126. The van der Waals surface area contributed by atoms with Gasteiger partial charge in [-0.3, -0.25) is 4.79 Å². The second-order valence-electron chi connectivity index (χ2n) is 5.69. The number of amides is 1. The minimum atomic E-state index is -0.476. The lowest BCUT2D eigenvalue weighted by Gasteiger charge is -2.28. The molecule has 0 aliphatic carbocycles. The highest BCUT2D eigenvalue weighted by molar-refractivity contribution is 5.85. The molecule has 1 saturated heterocycles. The van der Waals surface area contributed by atoms with Gasteiger partial charge >= 0.3 is 0 Å². The summed E-state index contributed by atoms with van der Waals surface area (Å²) in [4.78, 5) is 11.9. The first kappa shape index (κ1) is 16.7. The molecule has 1 aliphatic heterocycles. The highest BCUT2D eigenvalue weighted by Crippen LogP contribution is 2.19. The van der Waals surface area contributed by atoms with Gasteiger partial charge in [-0.25, -0.2) is 0 Å². The van der Waals surface area contributed by atoms with Crippen molar-refractivity contribution in [3.05, 3.63) is 0 Å². The highest BCUT2D eigenvalue weighted by Gasteiger charge is 2.30. The van der Waals surface area contributed by atoms with E-state index in [9.17, 15) is 4.79 Å². The second kappa shape index (κ2) is 6.57. The molecule has 17 heavy (non-hydrogen) atoms. The molecule has 3 atom stereocenters. The number of hydrogen-bond donors (Lipinski definition) is 2. The van der Waals surface area contributed by atoms with Crippen LogP contribution in [0.5, 0.6) is 0 Å². The van der Waals surface area contributed by atoms with Crippen molar-refractivity contribution in [1.29, 1.82) is 0 Å². The third-order valence-corrected chi connectivity index (χ3v) is 3.11. The second-order valence-corrected chi connectivity index (χ2v) is 5.69. The maximum Gasteiger partial charge on any atom is 0.237 e. The Hall–Kier alpha value is -0.320. The molecule has 1 heterocycles. The lowest BCUT2D eigenvalue weighted by Crippen LogP contribution is -2.53.